The zero-order chi connectivity index (χ0) is 20.2. The fraction of sp³-hybridized carbons (Fsp3) is 0.318. The van der Waals surface area contributed by atoms with Crippen molar-refractivity contribution in [2.45, 2.75) is 26.3 Å². The number of carbonyl (C=O) groups excluding carboxylic acids is 2. The van der Waals surface area contributed by atoms with Crippen LogP contribution in [0.15, 0.2) is 52.3 Å². The molecule has 0 aliphatic carbocycles. The van der Waals surface area contributed by atoms with Crippen molar-refractivity contribution in [3.8, 4) is 11.5 Å². The summed E-state index contributed by atoms with van der Waals surface area (Å²) in [5.74, 6) is 0.989. The van der Waals surface area contributed by atoms with Crippen LogP contribution in [-0.2, 0) is 22.6 Å². The predicted octanol–water partition coefficient (Wildman–Crippen LogP) is 3.42. The van der Waals surface area contributed by atoms with Crippen LogP contribution in [0, 0.1) is 12.8 Å². The summed E-state index contributed by atoms with van der Waals surface area (Å²) in [6, 6.07) is 13.8. The van der Waals surface area contributed by atoms with Crippen molar-refractivity contribution in [2.24, 2.45) is 5.92 Å². The monoisotopic (exact) mass is 409 g/mol. The van der Waals surface area contributed by atoms with E-state index in [1.165, 1.54) is 5.56 Å². The number of aryl methyl sites for hydroxylation is 1. The van der Waals surface area contributed by atoms with Gasteiger partial charge in [-0.05, 0) is 31.0 Å². The average Bonchev–Trinajstić information content (AvgIpc) is 3.45. The van der Waals surface area contributed by atoms with Crippen LogP contribution in [0.5, 0.6) is 0 Å². The van der Waals surface area contributed by atoms with Crippen molar-refractivity contribution < 1.29 is 14.0 Å². The lowest BCUT2D eigenvalue weighted by Gasteiger charge is -2.16. The predicted molar refractivity (Wildman–Crippen MR) is 111 cm³/mol. The first-order chi connectivity index (χ1) is 14.1. The summed E-state index contributed by atoms with van der Waals surface area (Å²) in [4.78, 5) is 31.0. The van der Waals surface area contributed by atoms with Gasteiger partial charge in [0.1, 0.15) is 11.5 Å². The number of carbonyl (C=O) groups is 2. The maximum atomic E-state index is 12.5. The molecule has 2 amide bonds. The number of nitrogens with one attached hydrogen (secondary N) is 1. The Kier molecular flexibility index (Phi) is 5.76. The van der Waals surface area contributed by atoms with E-state index in [0.717, 1.165) is 17.1 Å². The van der Waals surface area contributed by atoms with Crippen LogP contribution in [0.1, 0.15) is 22.8 Å². The summed E-state index contributed by atoms with van der Waals surface area (Å²) in [7, 11) is 0. The minimum atomic E-state index is -0.311. The number of amides is 2. The van der Waals surface area contributed by atoms with Crippen LogP contribution in [0.4, 0.5) is 0 Å². The van der Waals surface area contributed by atoms with Gasteiger partial charge in [-0.25, -0.2) is 4.98 Å². The molecule has 1 atom stereocenters. The molecule has 2 aromatic heterocycles. The molecule has 1 saturated heterocycles. The highest BCUT2D eigenvalue weighted by Gasteiger charge is 2.33. The lowest BCUT2D eigenvalue weighted by molar-refractivity contribution is -0.129. The van der Waals surface area contributed by atoms with E-state index in [0.29, 0.717) is 31.2 Å². The van der Waals surface area contributed by atoms with Crippen molar-refractivity contribution in [2.75, 3.05) is 13.1 Å². The third kappa shape index (κ3) is 4.74. The van der Waals surface area contributed by atoms with Gasteiger partial charge in [0.25, 0.3) is 0 Å². The molecule has 4 rings (SSSR count). The molecule has 1 aromatic carbocycles. The Morgan fingerprint density at radius 2 is 2.10 bits per heavy atom. The van der Waals surface area contributed by atoms with Gasteiger partial charge in [0.2, 0.25) is 11.8 Å². The van der Waals surface area contributed by atoms with Gasteiger partial charge >= 0.3 is 0 Å². The molecule has 1 aliphatic rings. The number of likely N-dealkylation sites (tertiary alicyclic amines) is 1. The van der Waals surface area contributed by atoms with Crippen molar-refractivity contribution >= 4 is 23.2 Å². The van der Waals surface area contributed by atoms with E-state index in [9.17, 15) is 9.59 Å². The highest BCUT2D eigenvalue weighted by atomic mass is 32.1. The molecule has 7 heteroatoms. The Labute approximate surface area is 173 Å². The van der Waals surface area contributed by atoms with Gasteiger partial charge in [0.05, 0.1) is 17.5 Å². The molecule has 1 N–H and O–H groups in total. The maximum absolute atomic E-state index is 12.5. The molecule has 3 heterocycles. The summed E-state index contributed by atoms with van der Waals surface area (Å²) >= 11 is 1.57. The number of benzene rings is 1. The first kappa shape index (κ1) is 19.4. The van der Waals surface area contributed by atoms with Crippen LogP contribution >= 0.6 is 11.3 Å². The van der Waals surface area contributed by atoms with E-state index >= 15 is 0 Å². The highest BCUT2D eigenvalue weighted by molar-refractivity contribution is 7.09. The molecule has 0 saturated carbocycles. The fourth-order valence-electron chi connectivity index (χ4n) is 3.48. The minimum Gasteiger partial charge on any atom is -0.458 e. The molecule has 0 spiro atoms. The number of furan rings is 1. The van der Waals surface area contributed by atoms with E-state index in [-0.39, 0.29) is 24.2 Å². The molecule has 1 fully saturated rings. The Morgan fingerprint density at radius 3 is 2.86 bits per heavy atom. The molecule has 150 valence electrons. The van der Waals surface area contributed by atoms with Gasteiger partial charge in [0, 0.05) is 24.9 Å². The first-order valence-electron chi connectivity index (χ1n) is 9.69. The number of hydrogen-bond donors (Lipinski definition) is 1. The van der Waals surface area contributed by atoms with Gasteiger partial charge in [-0.1, -0.05) is 30.3 Å². The Hall–Kier alpha value is -2.93. The van der Waals surface area contributed by atoms with Gasteiger partial charge < -0.3 is 14.6 Å². The standard InChI is InChI=1S/C22H23N3O3S/c1-15-24-19(14-29-15)20-8-7-18(28-20)12-23-22(27)17-11-21(26)25(13-17)10-9-16-5-3-2-4-6-16/h2-8,14,17H,9-13H2,1H3,(H,23,27)/t17-/m0/s1. The third-order valence-electron chi connectivity index (χ3n) is 5.07. The van der Waals surface area contributed by atoms with Crippen molar-refractivity contribution in [3.63, 3.8) is 0 Å². The van der Waals surface area contributed by atoms with Gasteiger partial charge in [0.15, 0.2) is 5.76 Å². The smallest absolute Gasteiger partial charge is 0.225 e. The van der Waals surface area contributed by atoms with E-state index < -0.39 is 0 Å². The van der Waals surface area contributed by atoms with E-state index in [4.69, 9.17) is 4.42 Å². The summed E-state index contributed by atoms with van der Waals surface area (Å²) in [6.07, 6.45) is 1.06. The zero-order valence-electron chi connectivity index (χ0n) is 16.3. The summed E-state index contributed by atoms with van der Waals surface area (Å²) in [6.45, 7) is 3.36. The lowest BCUT2D eigenvalue weighted by atomic mass is 10.1. The summed E-state index contributed by atoms with van der Waals surface area (Å²) < 4.78 is 5.78. The van der Waals surface area contributed by atoms with Gasteiger partial charge in [-0.2, -0.15) is 0 Å². The summed E-state index contributed by atoms with van der Waals surface area (Å²) in [5.41, 5.74) is 2.00. The second-order valence-corrected chi connectivity index (χ2v) is 8.27. The van der Waals surface area contributed by atoms with Crippen molar-refractivity contribution in [1.29, 1.82) is 0 Å². The quantitative estimate of drug-likeness (QED) is 0.649. The topological polar surface area (TPSA) is 75.4 Å². The minimum absolute atomic E-state index is 0.0419. The first-order valence-corrected chi connectivity index (χ1v) is 10.6. The zero-order valence-corrected chi connectivity index (χ0v) is 17.1. The van der Waals surface area contributed by atoms with Crippen LogP contribution in [0.3, 0.4) is 0 Å². The average molecular weight is 410 g/mol. The van der Waals surface area contributed by atoms with E-state index in [2.05, 4.69) is 22.4 Å². The van der Waals surface area contributed by atoms with E-state index in [1.54, 1.807) is 16.2 Å². The third-order valence-corrected chi connectivity index (χ3v) is 5.84. The highest BCUT2D eigenvalue weighted by Crippen LogP contribution is 2.24. The molecular weight excluding hydrogens is 386 g/mol. The number of aromatic nitrogens is 1. The summed E-state index contributed by atoms with van der Waals surface area (Å²) in [5, 5.41) is 5.83. The number of rotatable bonds is 7. The van der Waals surface area contributed by atoms with E-state index in [1.807, 2.05) is 42.6 Å². The molecule has 3 aromatic rings. The van der Waals surface area contributed by atoms with Crippen LogP contribution in [0.25, 0.3) is 11.5 Å². The molecule has 1 aliphatic heterocycles. The molecular formula is C22H23N3O3S. The largest absolute Gasteiger partial charge is 0.458 e. The molecule has 0 unspecified atom stereocenters. The normalized spacial score (nSPS) is 16.4. The fourth-order valence-corrected chi connectivity index (χ4v) is 4.08. The number of hydrogen-bond acceptors (Lipinski definition) is 5. The second kappa shape index (κ2) is 8.61. The Bertz CT molecular complexity index is 996. The Morgan fingerprint density at radius 1 is 1.28 bits per heavy atom. The molecule has 0 radical (unpaired) electrons. The van der Waals surface area contributed by atoms with Crippen LogP contribution < -0.4 is 5.32 Å². The van der Waals surface area contributed by atoms with Crippen molar-refractivity contribution in [3.05, 3.63) is 64.2 Å². The molecule has 29 heavy (non-hydrogen) atoms. The van der Waals surface area contributed by atoms with Crippen LogP contribution in [0.2, 0.25) is 0 Å². The maximum Gasteiger partial charge on any atom is 0.225 e. The molecule has 6 nitrogen and oxygen atoms in total. The number of nitrogens with zero attached hydrogens (tertiary/aromatic N) is 2. The Balaban J connectivity index is 1.27. The van der Waals surface area contributed by atoms with Crippen molar-refractivity contribution in [1.82, 2.24) is 15.2 Å². The SMILES string of the molecule is Cc1nc(-c2ccc(CNC(=O)[C@H]3CC(=O)N(CCc4ccccc4)C3)o2)cs1. The van der Waals surface area contributed by atoms with Gasteiger partial charge in [-0.15, -0.1) is 11.3 Å². The van der Waals surface area contributed by atoms with Gasteiger partial charge in [-0.3, -0.25) is 9.59 Å². The second-order valence-electron chi connectivity index (χ2n) is 7.21. The van der Waals surface area contributed by atoms with Crippen LogP contribution in [-0.4, -0.2) is 34.8 Å². The number of thiazole rings is 1. The lowest BCUT2D eigenvalue weighted by Crippen LogP contribution is -2.33. The molecule has 0 bridgehead atoms.